The Balaban J connectivity index is 1.86. The number of hydrogen-bond acceptors (Lipinski definition) is 2. The van der Waals surface area contributed by atoms with E-state index in [0.717, 1.165) is 30.9 Å². The van der Waals surface area contributed by atoms with E-state index in [1.165, 1.54) is 10.5 Å². The number of aromatic nitrogens is 1. The van der Waals surface area contributed by atoms with Gasteiger partial charge in [0.05, 0.1) is 12.1 Å². The maximum Gasteiger partial charge on any atom is 0.274 e. The van der Waals surface area contributed by atoms with E-state index in [0.29, 0.717) is 4.84 Å². The molecule has 1 atom stereocenters. The topological polar surface area (TPSA) is 22.5 Å². The first-order chi connectivity index (χ1) is 10.3. The Morgan fingerprint density at radius 1 is 1.05 bits per heavy atom. The molecule has 0 aliphatic rings. The van der Waals surface area contributed by atoms with E-state index < -0.39 is 0 Å². The normalized spacial score (nSPS) is 12.6. The number of para-hydroxylation sites is 2. The molecule has 3 rings (SSSR count). The molecule has 0 saturated carbocycles. The SMILES string of the molecule is CC[NH+](Cc1ccccc1)Cn1c(=S)oc2ccccc21. The van der Waals surface area contributed by atoms with Crippen LogP contribution in [0.15, 0.2) is 59.0 Å². The summed E-state index contributed by atoms with van der Waals surface area (Å²) in [6.07, 6.45) is 0. The van der Waals surface area contributed by atoms with Crippen molar-refractivity contribution in [1.29, 1.82) is 0 Å². The summed E-state index contributed by atoms with van der Waals surface area (Å²) in [6, 6.07) is 18.6. The average Bonchev–Trinajstić information content (AvgIpc) is 2.83. The molecule has 1 heterocycles. The fourth-order valence-corrected chi connectivity index (χ4v) is 2.82. The number of hydrogen-bond donors (Lipinski definition) is 1. The lowest BCUT2D eigenvalue weighted by molar-refractivity contribution is -0.934. The number of quaternary nitrogens is 1. The molecule has 0 radical (unpaired) electrons. The summed E-state index contributed by atoms with van der Waals surface area (Å²) >= 11 is 5.37. The highest BCUT2D eigenvalue weighted by molar-refractivity contribution is 7.71. The predicted molar refractivity (Wildman–Crippen MR) is 86.7 cm³/mol. The zero-order valence-electron chi connectivity index (χ0n) is 12.1. The second-order valence-electron chi connectivity index (χ2n) is 5.19. The van der Waals surface area contributed by atoms with Crippen LogP contribution in [0, 0.1) is 4.84 Å². The molecule has 108 valence electrons. The molecule has 1 N–H and O–H groups in total. The Morgan fingerprint density at radius 3 is 2.52 bits per heavy atom. The van der Waals surface area contributed by atoms with Gasteiger partial charge in [-0.1, -0.05) is 42.5 Å². The minimum absolute atomic E-state index is 0.551. The zero-order chi connectivity index (χ0) is 14.7. The van der Waals surface area contributed by atoms with Gasteiger partial charge in [-0.15, -0.1) is 0 Å². The van der Waals surface area contributed by atoms with E-state index in [-0.39, 0.29) is 0 Å². The van der Waals surface area contributed by atoms with Gasteiger partial charge in [-0.05, 0) is 31.3 Å². The van der Waals surface area contributed by atoms with Crippen molar-refractivity contribution in [2.45, 2.75) is 20.1 Å². The third-order valence-corrected chi connectivity index (χ3v) is 4.06. The van der Waals surface area contributed by atoms with Gasteiger partial charge in [0.25, 0.3) is 4.84 Å². The molecule has 0 fully saturated rings. The van der Waals surface area contributed by atoms with E-state index in [1.807, 2.05) is 18.2 Å². The quantitative estimate of drug-likeness (QED) is 0.732. The Labute approximate surface area is 129 Å². The lowest BCUT2D eigenvalue weighted by atomic mass is 10.2. The van der Waals surface area contributed by atoms with Crippen molar-refractivity contribution in [2.75, 3.05) is 6.54 Å². The number of oxazole rings is 1. The van der Waals surface area contributed by atoms with Crippen molar-refractivity contribution < 1.29 is 9.32 Å². The number of fused-ring (bicyclic) bond motifs is 1. The summed E-state index contributed by atoms with van der Waals surface area (Å²) in [4.78, 5) is 2.00. The van der Waals surface area contributed by atoms with E-state index >= 15 is 0 Å². The minimum atomic E-state index is 0.551. The number of nitrogens with one attached hydrogen (secondary N) is 1. The van der Waals surface area contributed by atoms with Crippen LogP contribution in [0.3, 0.4) is 0 Å². The Morgan fingerprint density at radius 2 is 1.76 bits per heavy atom. The zero-order valence-corrected chi connectivity index (χ0v) is 12.9. The highest BCUT2D eigenvalue weighted by Crippen LogP contribution is 2.15. The summed E-state index contributed by atoms with van der Waals surface area (Å²) < 4.78 is 7.75. The molecule has 1 unspecified atom stereocenters. The molecular weight excluding hydrogens is 280 g/mol. The average molecular weight is 299 g/mol. The van der Waals surface area contributed by atoms with Crippen LogP contribution in [-0.4, -0.2) is 11.1 Å². The molecule has 1 aromatic heterocycles. The van der Waals surface area contributed by atoms with E-state index in [1.54, 1.807) is 0 Å². The first-order valence-electron chi connectivity index (χ1n) is 7.24. The van der Waals surface area contributed by atoms with Crippen molar-refractivity contribution in [3.63, 3.8) is 0 Å². The molecule has 0 aliphatic heterocycles. The van der Waals surface area contributed by atoms with E-state index in [9.17, 15) is 0 Å². The fraction of sp³-hybridized carbons (Fsp3) is 0.235. The van der Waals surface area contributed by atoms with Crippen LogP contribution in [0.2, 0.25) is 0 Å². The van der Waals surface area contributed by atoms with Crippen LogP contribution < -0.4 is 4.90 Å². The summed E-state index contributed by atoms with van der Waals surface area (Å²) in [6.45, 7) is 5.04. The van der Waals surface area contributed by atoms with Crippen molar-refractivity contribution >= 4 is 23.3 Å². The Kier molecular flexibility index (Phi) is 4.18. The van der Waals surface area contributed by atoms with E-state index in [4.69, 9.17) is 16.6 Å². The van der Waals surface area contributed by atoms with Crippen molar-refractivity contribution in [1.82, 2.24) is 4.57 Å². The van der Waals surface area contributed by atoms with Gasteiger partial charge in [0.2, 0.25) is 0 Å². The number of benzene rings is 2. The molecule has 3 nitrogen and oxygen atoms in total. The summed E-state index contributed by atoms with van der Waals surface area (Å²) in [7, 11) is 0. The highest BCUT2D eigenvalue weighted by atomic mass is 32.1. The van der Waals surface area contributed by atoms with Crippen molar-refractivity contribution in [2.24, 2.45) is 0 Å². The molecule has 0 bridgehead atoms. The molecule has 2 aromatic carbocycles. The predicted octanol–water partition coefficient (Wildman–Crippen LogP) is 3.03. The first kappa shape index (κ1) is 14.0. The molecule has 4 heteroatoms. The van der Waals surface area contributed by atoms with Gasteiger partial charge in [-0.25, -0.2) is 0 Å². The van der Waals surface area contributed by atoms with Gasteiger partial charge in [0.15, 0.2) is 12.3 Å². The highest BCUT2D eigenvalue weighted by Gasteiger charge is 2.12. The summed E-state index contributed by atoms with van der Waals surface area (Å²) in [5.41, 5.74) is 3.27. The van der Waals surface area contributed by atoms with Gasteiger partial charge < -0.3 is 9.32 Å². The second kappa shape index (κ2) is 6.24. The van der Waals surface area contributed by atoms with Gasteiger partial charge in [-0.2, -0.15) is 0 Å². The molecular formula is C17H19N2OS+. The number of rotatable bonds is 5. The van der Waals surface area contributed by atoms with Crippen molar-refractivity contribution in [3.05, 3.63) is 65.0 Å². The monoisotopic (exact) mass is 299 g/mol. The number of nitrogens with zero attached hydrogens (tertiary/aromatic N) is 1. The van der Waals surface area contributed by atoms with Gasteiger partial charge in [-0.3, -0.25) is 4.57 Å². The van der Waals surface area contributed by atoms with E-state index in [2.05, 4.69) is 47.9 Å². The van der Waals surface area contributed by atoms with Crippen LogP contribution in [0.4, 0.5) is 0 Å². The standard InChI is InChI=1S/C17H18N2OS/c1-2-18(12-14-8-4-3-5-9-14)13-19-15-10-6-7-11-16(15)20-17(19)21/h3-11H,2,12-13H2,1H3/p+1. The maximum atomic E-state index is 5.66. The summed E-state index contributed by atoms with van der Waals surface area (Å²) in [5.74, 6) is 0. The Hall–Kier alpha value is -1.91. The molecule has 0 spiro atoms. The van der Waals surface area contributed by atoms with Crippen LogP contribution in [0.5, 0.6) is 0 Å². The Bertz CT molecular complexity index is 776. The molecule has 0 saturated heterocycles. The maximum absolute atomic E-state index is 5.66. The van der Waals surface area contributed by atoms with Crippen LogP contribution in [0.1, 0.15) is 12.5 Å². The smallest absolute Gasteiger partial charge is 0.274 e. The van der Waals surface area contributed by atoms with Crippen molar-refractivity contribution in [3.8, 4) is 0 Å². The third kappa shape index (κ3) is 3.06. The van der Waals surface area contributed by atoms with Gasteiger partial charge in [0, 0.05) is 5.56 Å². The summed E-state index contributed by atoms with van der Waals surface area (Å²) in [5, 5.41) is 0. The molecule has 3 aromatic rings. The fourth-order valence-electron chi connectivity index (χ4n) is 2.56. The molecule has 0 amide bonds. The van der Waals surface area contributed by atoms with Gasteiger partial charge in [0.1, 0.15) is 6.54 Å². The lowest BCUT2D eigenvalue weighted by Crippen LogP contribution is -3.09. The van der Waals surface area contributed by atoms with Gasteiger partial charge >= 0.3 is 0 Å². The third-order valence-electron chi connectivity index (χ3n) is 3.75. The molecule has 0 aliphatic carbocycles. The van der Waals surface area contributed by atoms with Crippen LogP contribution in [-0.2, 0) is 13.2 Å². The first-order valence-corrected chi connectivity index (χ1v) is 7.64. The second-order valence-corrected chi connectivity index (χ2v) is 5.54. The largest absolute Gasteiger partial charge is 0.429 e. The van der Waals surface area contributed by atoms with Crippen LogP contribution in [0.25, 0.3) is 11.1 Å². The van der Waals surface area contributed by atoms with Crippen LogP contribution >= 0.6 is 12.2 Å². The molecule has 21 heavy (non-hydrogen) atoms. The lowest BCUT2D eigenvalue weighted by Gasteiger charge is -2.18. The minimum Gasteiger partial charge on any atom is -0.429 e.